The minimum Gasteiger partial charge on any atom is -0.505 e. The highest BCUT2D eigenvalue weighted by atomic mass is 32.2. The Morgan fingerprint density at radius 2 is 2.00 bits per heavy atom. The smallest absolute Gasteiger partial charge is 0.175 e. The number of phenolic OH excluding ortho intramolecular Hbond substituents is 1. The van der Waals surface area contributed by atoms with Gasteiger partial charge in [0.1, 0.15) is 11.6 Å². The number of nitrogens with zero attached hydrogens (tertiary/aromatic N) is 1. The molecule has 1 aromatic heterocycles. The molecule has 0 amide bonds. The van der Waals surface area contributed by atoms with Gasteiger partial charge in [-0.1, -0.05) is 6.07 Å². The quantitative estimate of drug-likeness (QED) is 0.495. The monoisotopic (exact) mass is 303 g/mol. The molecule has 1 heterocycles. The maximum atomic E-state index is 11.6. The highest BCUT2D eigenvalue weighted by Gasteiger charge is 2.13. The molecule has 0 saturated heterocycles. The molecule has 0 radical (unpaired) electrons. The predicted molar refractivity (Wildman–Crippen MR) is 80.7 cm³/mol. The van der Waals surface area contributed by atoms with Gasteiger partial charge < -0.3 is 15.8 Å². The lowest BCUT2D eigenvalue weighted by Crippen LogP contribution is -1.96. The SMILES string of the molecule is CS(=O)(=O)c1ccc2nc(-c3cccc(N)c3O)[nH]c2c1. The number of nitrogen functional groups attached to an aromatic ring is 1. The fraction of sp³-hybridized carbons (Fsp3) is 0.0714. The highest BCUT2D eigenvalue weighted by Crippen LogP contribution is 2.33. The third-order valence-electron chi connectivity index (χ3n) is 3.20. The molecule has 0 unspecified atom stereocenters. The number of phenols is 1. The first kappa shape index (κ1) is 13.4. The molecular weight excluding hydrogens is 290 g/mol. The lowest BCUT2D eigenvalue weighted by Gasteiger charge is -2.03. The van der Waals surface area contributed by atoms with Crippen molar-refractivity contribution < 1.29 is 13.5 Å². The molecular formula is C14H13N3O3S. The number of nitrogens with one attached hydrogen (secondary N) is 1. The van der Waals surface area contributed by atoms with Gasteiger partial charge in [-0.05, 0) is 30.3 Å². The van der Waals surface area contributed by atoms with Crippen LogP contribution in [0.3, 0.4) is 0 Å². The number of para-hydroxylation sites is 1. The summed E-state index contributed by atoms with van der Waals surface area (Å²) in [5, 5.41) is 9.98. The average molecular weight is 303 g/mol. The second-order valence-corrected chi connectivity index (χ2v) is 6.80. The molecule has 0 aliphatic carbocycles. The van der Waals surface area contributed by atoms with Gasteiger partial charge >= 0.3 is 0 Å². The van der Waals surface area contributed by atoms with Gasteiger partial charge in [0.2, 0.25) is 0 Å². The van der Waals surface area contributed by atoms with Crippen LogP contribution in [0.5, 0.6) is 5.75 Å². The lowest BCUT2D eigenvalue weighted by molar-refractivity contribution is 0.479. The Morgan fingerprint density at radius 3 is 2.71 bits per heavy atom. The first-order valence-electron chi connectivity index (χ1n) is 6.14. The van der Waals surface area contributed by atoms with E-state index in [2.05, 4.69) is 9.97 Å². The normalized spacial score (nSPS) is 11.9. The van der Waals surface area contributed by atoms with Crippen LogP contribution in [0, 0.1) is 0 Å². The summed E-state index contributed by atoms with van der Waals surface area (Å²) >= 11 is 0. The van der Waals surface area contributed by atoms with E-state index in [1.807, 2.05) is 0 Å². The first-order valence-corrected chi connectivity index (χ1v) is 8.03. The van der Waals surface area contributed by atoms with Crippen molar-refractivity contribution in [3.8, 4) is 17.1 Å². The number of aromatic nitrogens is 2. The third kappa shape index (κ3) is 2.31. The molecule has 0 saturated carbocycles. The number of sulfone groups is 1. The van der Waals surface area contributed by atoms with Crippen LogP contribution in [0.1, 0.15) is 0 Å². The predicted octanol–water partition coefficient (Wildman–Crippen LogP) is 1.92. The molecule has 6 nitrogen and oxygen atoms in total. The number of hydrogen-bond acceptors (Lipinski definition) is 5. The summed E-state index contributed by atoms with van der Waals surface area (Å²) in [4.78, 5) is 7.55. The molecule has 4 N–H and O–H groups in total. The molecule has 21 heavy (non-hydrogen) atoms. The van der Waals surface area contributed by atoms with Crippen LogP contribution in [0.15, 0.2) is 41.3 Å². The van der Waals surface area contributed by atoms with Crippen molar-refractivity contribution in [2.24, 2.45) is 0 Å². The zero-order valence-corrected chi connectivity index (χ0v) is 12.0. The average Bonchev–Trinajstić information content (AvgIpc) is 2.83. The van der Waals surface area contributed by atoms with Gasteiger partial charge in [0.25, 0.3) is 0 Å². The molecule has 0 spiro atoms. The molecule has 0 fully saturated rings. The van der Waals surface area contributed by atoms with Gasteiger partial charge in [0.15, 0.2) is 9.84 Å². The highest BCUT2D eigenvalue weighted by molar-refractivity contribution is 7.90. The van der Waals surface area contributed by atoms with E-state index in [0.29, 0.717) is 22.4 Å². The number of rotatable bonds is 2. The van der Waals surface area contributed by atoms with Crippen molar-refractivity contribution in [1.29, 1.82) is 0 Å². The van der Waals surface area contributed by atoms with Gasteiger partial charge in [-0.2, -0.15) is 0 Å². The van der Waals surface area contributed by atoms with Crippen molar-refractivity contribution in [3.05, 3.63) is 36.4 Å². The van der Waals surface area contributed by atoms with Crippen LogP contribution in [-0.2, 0) is 9.84 Å². The largest absolute Gasteiger partial charge is 0.505 e. The molecule has 7 heteroatoms. The molecule has 3 aromatic rings. The number of aromatic hydroxyl groups is 1. The molecule has 2 aromatic carbocycles. The summed E-state index contributed by atoms with van der Waals surface area (Å²) in [5.74, 6) is 0.375. The third-order valence-corrected chi connectivity index (χ3v) is 4.31. The summed E-state index contributed by atoms with van der Waals surface area (Å²) < 4.78 is 23.1. The number of aromatic amines is 1. The Labute approximate surface area is 121 Å². The number of benzene rings is 2. The van der Waals surface area contributed by atoms with Gasteiger partial charge in [0.05, 0.1) is 27.2 Å². The number of imidazole rings is 1. The van der Waals surface area contributed by atoms with E-state index in [1.54, 1.807) is 24.3 Å². The number of H-pyrrole nitrogens is 1. The maximum Gasteiger partial charge on any atom is 0.175 e. The van der Waals surface area contributed by atoms with Crippen molar-refractivity contribution in [2.75, 3.05) is 12.0 Å². The van der Waals surface area contributed by atoms with Gasteiger partial charge in [-0.3, -0.25) is 0 Å². The number of nitrogens with two attached hydrogens (primary N) is 1. The maximum absolute atomic E-state index is 11.6. The van der Waals surface area contributed by atoms with E-state index in [-0.39, 0.29) is 16.3 Å². The summed E-state index contributed by atoms with van der Waals surface area (Å²) in [6.07, 6.45) is 1.15. The lowest BCUT2D eigenvalue weighted by atomic mass is 10.1. The minimum absolute atomic E-state index is 0.0557. The van der Waals surface area contributed by atoms with Crippen LogP contribution in [-0.4, -0.2) is 29.7 Å². The van der Waals surface area contributed by atoms with E-state index in [9.17, 15) is 13.5 Å². The van der Waals surface area contributed by atoms with Crippen molar-refractivity contribution in [1.82, 2.24) is 9.97 Å². The molecule has 108 valence electrons. The molecule has 0 atom stereocenters. The van der Waals surface area contributed by atoms with Crippen molar-refractivity contribution in [2.45, 2.75) is 4.90 Å². The zero-order valence-electron chi connectivity index (χ0n) is 11.2. The second kappa shape index (κ2) is 4.49. The van der Waals surface area contributed by atoms with Gasteiger partial charge in [0, 0.05) is 6.26 Å². The standard InChI is InChI=1S/C14H13N3O3S/c1-21(19,20)8-5-6-11-12(7-8)17-14(16-11)9-3-2-4-10(15)13(9)18/h2-7,18H,15H2,1H3,(H,16,17). The second-order valence-electron chi connectivity index (χ2n) is 4.78. The fourth-order valence-electron chi connectivity index (χ4n) is 2.10. The first-order chi connectivity index (χ1) is 9.86. The van der Waals surface area contributed by atoms with Crippen LogP contribution < -0.4 is 5.73 Å². The molecule has 0 bridgehead atoms. The van der Waals surface area contributed by atoms with Crippen LogP contribution in [0.2, 0.25) is 0 Å². The van der Waals surface area contributed by atoms with Gasteiger partial charge in [-0.25, -0.2) is 13.4 Å². The summed E-state index contributed by atoms with van der Waals surface area (Å²) in [6, 6.07) is 9.62. The zero-order chi connectivity index (χ0) is 15.2. The van der Waals surface area contributed by atoms with E-state index >= 15 is 0 Å². The van der Waals surface area contributed by atoms with E-state index < -0.39 is 9.84 Å². The minimum atomic E-state index is -3.28. The molecule has 0 aliphatic heterocycles. The van der Waals surface area contributed by atoms with E-state index in [1.165, 1.54) is 12.1 Å². The Morgan fingerprint density at radius 1 is 1.24 bits per heavy atom. The van der Waals surface area contributed by atoms with Crippen LogP contribution in [0.25, 0.3) is 22.4 Å². The summed E-state index contributed by atoms with van der Waals surface area (Å²) in [7, 11) is -3.28. The number of fused-ring (bicyclic) bond motifs is 1. The topological polar surface area (TPSA) is 109 Å². The fourth-order valence-corrected chi connectivity index (χ4v) is 2.75. The Bertz CT molecular complexity index is 945. The molecule has 3 rings (SSSR count). The van der Waals surface area contributed by atoms with Gasteiger partial charge in [-0.15, -0.1) is 0 Å². The van der Waals surface area contributed by atoms with E-state index in [4.69, 9.17) is 5.73 Å². The number of hydrogen-bond donors (Lipinski definition) is 3. The van der Waals surface area contributed by atoms with Crippen LogP contribution >= 0.6 is 0 Å². The summed E-state index contributed by atoms with van der Waals surface area (Å²) in [6.45, 7) is 0. The molecule has 0 aliphatic rings. The Balaban J connectivity index is 2.20. The van der Waals surface area contributed by atoms with Crippen molar-refractivity contribution >= 4 is 26.6 Å². The number of anilines is 1. The van der Waals surface area contributed by atoms with E-state index in [0.717, 1.165) is 6.26 Å². The van der Waals surface area contributed by atoms with Crippen LogP contribution in [0.4, 0.5) is 5.69 Å². The summed E-state index contributed by atoms with van der Waals surface area (Å²) in [5.41, 5.74) is 7.57. The Kier molecular flexibility index (Phi) is 2.87. The van der Waals surface area contributed by atoms with Crippen molar-refractivity contribution in [3.63, 3.8) is 0 Å². The Hall–Kier alpha value is -2.54.